The van der Waals surface area contributed by atoms with Gasteiger partial charge in [0.2, 0.25) is 0 Å². The summed E-state index contributed by atoms with van der Waals surface area (Å²) in [6, 6.07) is 12.4. The Morgan fingerprint density at radius 3 is 2.47 bits per heavy atom. The molecule has 2 nitrogen and oxygen atoms in total. The SMILES string of the molecule is N#CC(c1ccccc1)N1CCSCC1. The molecule has 1 fully saturated rings. The first-order chi connectivity index (χ1) is 7.42. The number of nitriles is 1. The van der Waals surface area contributed by atoms with Crippen molar-refractivity contribution in [3.8, 4) is 6.07 Å². The lowest BCUT2D eigenvalue weighted by atomic mass is 10.1. The maximum Gasteiger partial charge on any atom is 0.123 e. The van der Waals surface area contributed by atoms with Gasteiger partial charge in [-0.2, -0.15) is 17.0 Å². The van der Waals surface area contributed by atoms with E-state index in [0.717, 1.165) is 30.2 Å². The number of rotatable bonds is 2. The van der Waals surface area contributed by atoms with Gasteiger partial charge in [-0.05, 0) is 5.56 Å². The molecule has 15 heavy (non-hydrogen) atoms. The smallest absolute Gasteiger partial charge is 0.123 e. The third-order valence-corrected chi connectivity index (χ3v) is 3.59. The highest BCUT2D eigenvalue weighted by Gasteiger charge is 2.21. The van der Waals surface area contributed by atoms with Gasteiger partial charge in [0.05, 0.1) is 6.07 Å². The van der Waals surface area contributed by atoms with E-state index in [9.17, 15) is 5.26 Å². The molecule has 1 heterocycles. The van der Waals surface area contributed by atoms with Gasteiger partial charge in [0.25, 0.3) is 0 Å². The predicted molar refractivity (Wildman–Crippen MR) is 63.7 cm³/mol. The van der Waals surface area contributed by atoms with Gasteiger partial charge < -0.3 is 0 Å². The Labute approximate surface area is 94.9 Å². The summed E-state index contributed by atoms with van der Waals surface area (Å²) < 4.78 is 0. The molecule has 0 aromatic heterocycles. The quantitative estimate of drug-likeness (QED) is 0.762. The second kappa shape index (κ2) is 5.20. The molecule has 1 aromatic rings. The molecule has 0 amide bonds. The predicted octanol–water partition coefficient (Wildman–Crippen LogP) is 2.30. The largest absolute Gasteiger partial charge is 0.283 e. The molecule has 1 aromatic carbocycles. The van der Waals surface area contributed by atoms with Crippen molar-refractivity contribution in [2.45, 2.75) is 6.04 Å². The summed E-state index contributed by atoms with van der Waals surface area (Å²) in [4.78, 5) is 2.27. The maximum absolute atomic E-state index is 9.23. The molecular weight excluding hydrogens is 204 g/mol. The van der Waals surface area contributed by atoms with Crippen LogP contribution in [0.5, 0.6) is 0 Å². The van der Waals surface area contributed by atoms with E-state index < -0.39 is 0 Å². The van der Waals surface area contributed by atoms with Crippen LogP contribution < -0.4 is 0 Å². The molecule has 1 unspecified atom stereocenters. The van der Waals surface area contributed by atoms with Crippen LogP contribution >= 0.6 is 11.8 Å². The monoisotopic (exact) mass is 218 g/mol. The molecule has 1 aliphatic rings. The minimum Gasteiger partial charge on any atom is -0.283 e. The van der Waals surface area contributed by atoms with Crippen LogP contribution in [-0.4, -0.2) is 29.5 Å². The van der Waals surface area contributed by atoms with Crippen molar-refractivity contribution in [3.05, 3.63) is 35.9 Å². The lowest BCUT2D eigenvalue weighted by Gasteiger charge is -2.30. The Hall–Kier alpha value is -0.980. The fourth-order valence-electron chi connectivity index (χ4n) is 1.84. The highest BCUT2D eigenvalue weighted by molar-refractivity contribution is 7.99. The molecular formula is C12H14N2S. The summed E-state index contributed by atoms with van der Waals surface area (Å²) in [5.74, 6) is 2.29. The van der Waals surface area contributed by atoms with E-state index in [-0.39, 0.29) is 6.04 Å². The minimum absolute atomic E-state index is 0.0629. The summed E-state index contributed by atoms with van der Waals surface area (Å²) in [7, 11) is 0. The van der Waals surface area contributed by atoms with Crippen LogP contribution in [0.25, 0.3) is 0 Å². The summed E-state index contributed by atoms with van der Waals surface area (Å²) in [5.41, 5.74) is 1.12. The average molecular weight is 218 g/mol. The Morgan fingerprint density at radius 1 is 1.20 bits per heavy atom. The molecule has 1 aliphatic heterocycles. The standard InChI is InChI=1S/C12H14N2S/c13-10-12(11-4-2-1-3-5-11)14-6-8-15-9-7-14/h1-5,12H,6-9H2. The van der Waals surface area contributed by atoms with Crippen LogP contribution in [0.3, 0.4) is 0 Å². The van der Waals surface area contributed by atoms with E-state index in [2.05, 4.69) is 11.0 Å². The fourth-order valence-corrected chi connectivity index (χ4v) is 2.77. The summed E-state index contributed by atoms with van der Waals surface area (Å²) in [5, 5.41) is 9.23. The third-order valence-electron chi connectivity index (χ3n) is 2.65. The highest BCUT2D eigenvalue weighted by Crippen LogP contribution is 2.23. The molecule has 0 aliphatic carbocycles. The Morgan fingerprint density at radius 2 is 1.87 bits per heavy atom. The van der Waals surface area contributed by atoms with E-state index in [1.165, 1.54) is 0 Å². The van der Waals surface area contributed by atoms with Gasteiger partial charge >= 0.3 is 0 Å². The molecule has 3 heteroatoms. The first-order valence-corrected chi connectivity index (χ1v) is 6.33. The zero-order valence-electron chi connectivity index (χ0n) is 8.60. The maximum atomic E-state index is 9.23. The molecule has 1 saturated heterocycles. The lowest BCUT2D eigenvalue weighted by molar-refractivity contribution is 0.261. The highest BCUT2D eigenvalue weighted by atomic mass is 32.2. The van der Waals surface area contributed by atoms with Gasteiger partial charge in [-0.15, -0.1) is 0 Å². The van der Waals surface area contributed by atoms with Crippen LogP contribution in [-0.2, 0) is 0 Å². The number of hydrogen-bond acceptors (Lipinski definition) is 3. The Balaban J connectivity index is 2.14. The van der Waals surface area contributed by atoms with E-state index in [0.29, 0.717) is 0 Å². The third kappa shape index (κ3) is 2.53. The molecule has 0 radical (unpaired) electrons. The molecule has 0 spiro atoms. The van der Waals surface area contributed by atoms with Crippen molar-refractivity contribution in [1.82, 2.24) is 4.90 Å². The Bertz CT molecular complexity index is 338. The van der Waals surface area contributed by atoms with Crippen molar-refractivity contribution in [2.24, 2.45) is 0 Å². The van der Waals surface area contributed by atoms with Crippen molar-refractivity contribution in [2.75, 3.05) is 24.6 Å². The van der Waals surface area contributed by atoms with Crippen LogP contribution in [0.1, 0.15) is 11.6 Å². The summed E-state index contributed by atoms with van der Waals surface area (Å²) in [6.45, 7) is 2.05. The molecule has 78 valence electrons. The van der Waals surface area contributed by atoms with Crippen molar-refractivity contribution in [3.63, 3.8) is 0 Å². The molecule has 2 rings (SSSR count). The second-order valence-corrected chi connectivity index (χ2v) is 4.82. The summed E-state index contributed by atoms with van der Waals surface area (Å²) >= 11 is 1.97. The van der Waals surface area contributed by atoms with Gasteiger partial charge in [-0.1, -0.05) is 30.3 Å². The van der Waals surface area contributed by atoms with Gasteiger partial charge in [0.15, 0.2) is 0 Å². The molecule has 0 bridgehead atoms. The van der Waals surface area contributed by atoms with Gasteiger partial charge in [-0.25, -0.2) is 0 Å². The van der Waals surface area contributed by atoms with Gasteiger partial charge in [-0.3, -0.25) is 4.90 Å². The van der Waals surface area contributed by atoms with Crippen LogP contribution in [0.2, 0.25) is 0 Å². The fraction of sp³-hybridized carbons (Fsp3) is 0.417. The lowest BCUT2D eigenvalue weighted by Crippen LogP contribution is -2.35. The van der Waals surface area contributed by atoms with Crippen LogP contribution in [0.4, 0.5) is 0 Å². The first kappa shape index (κ1) is 10.5. The van der Waals surface area contributed by atoms with Gasteiger partial charge in [0.1, 0.15) is 6.04 Å². The molecule has 1 atom stereocenters. The average Bonchev–Trinajstić information content (AvgIpc) is 2.33. The van der Waals surface area contributed by atoms with Crippen molar-refractivity contribution < 1.29 is 0 Å². The number of benzene rings is 1. The molecule has 0 saturated carbocycles. The second-order valence-electron chi connectivity index (χ2n) is 3.59. The number of hydrogen-bond donors (Lipinski definition) is 0. The normalized spacial score (nSPS) is 19.4. The zero-order chi connectivity index (χ0) is 10.5. The van der Waals surface area contributed by atoms with Crippen LogP contribution in [0.15, 0.2) is 30.3 Å². The number of thioether (sulfide) groups is 1. The topological polar surface area (TPSA) is 27.0 Å². The summed E-state index contributed by atoms with van der Waals surface area (Å²) in [6.07, 6.45) is 0. The van der Waals surface area contributed by atoms with E-state index in [1.807, 2.05) is 42.1 Å². The first-order valence-electron chi connectivity index (χ1n) is 5.18. The van der Waals surface area contributed by atoms with Crippen LogP contribution in [0, 0.1) is 11.3 Å². The number of nitrogens with zero attached hydrogens (tertiary/aromatic N) is 2. The van der Waals surface area contributed by atoms with Crippen molar-refractivity contribution in [1.29, 1.82) is 5.26 Å². The van der Waals surface area contributed by atoms with Crippen molar-refractivity contribution >= 4 is 11.8 Å². The van der Waals surface area contributed by atoms with E-state index in [1.54, 1.807) is 0 Å². The zero-order valence-corrected chi connectivity index (χ0v) is 9.41. The Kier molecular flexibility index (Phi) is 3.65. The van der Waals surface area contributed by atoms with E-state index >= 15 is 0 Å². The minimum atomic E-state index is -0.0629. The van der Waals surface area contributed by atoms with Gasteiger partial charge in [0, 0.05) is 24.6 Å². The van der Waals surface area contributed by atoms with E-state index in [4.69, 9.17) is 0 Å². The molecule has 0 N–H and O–H groups in total.